The zero-order valence-electron chi connectivity index (χ0n) is 16.3. The maximum Gasteiger partial charge on any atom is 0.246 e. The molecular formula is C20H32N2O5. The topological polar surface area (TPSA) is 103 Å². The van der Waals surface area contributed by atoms with Gasteiger partial charge in [0.2, 0.25) is 11.4 Å². The molecule has 0 fully saturated rings. The molecule has 27 heavy (non-hydrogen) atoms. The summed E-state index contributed by atoms with van der Waals surface area (Å²) in [7, 11) is 0. The summed E-state index contributed by atoms with van der Waals surface area (Å²) in [4.78, 5) is 31.5. The zero-order chi connectivity index (χ0) is 20.3. The minimum atomic E-state index is -0.499. The third kappa shape index (κ3) is 14.5. The zero-order valence-corrected chi connectivity index (χ0v) is 16.3. The summed E-state index contributed by atoms with van der Waals surface area (Å²) in [6, 6.07) is 0. The molecule has 0 amide bonds. The third-order valence-electron chi connectivity index (χ3n) is 4.14. The first kappa shape index (κ1) is 24.7. The Morgan fingerprint density at radius 3 is 2.00 bits per heavy atom. The Hall–Kier alpha value is -2.31. The first-order valence-electron chi connectivity index (χ1n) is 9.78. The highest BCUT2D eigenvalue weighted by molar-refractivity contribution is 5.49. The highest BCUT2D eigenvalue weighted by Crippen LogP contribution is 2.14. The van der Waals surface area contributed by atoms with E-state index in [4.69, 9.17) is 0 Å². The van der Waals surface area contributed by atoms with Crippen LogP contribution in [0.15, 0.2) is 35.7 Å². The van der Waals surface area contributed by atoms with Crippen molar-refractivity contribution in [3.63, 3.8) is 0 Å². The molecule has 0 aromatic rings. The molecule has 0 aromatic carbocycles. The van der Waals surface area contributed by atoms with Gasteiger partial charge in [-0.15, -0.1) is 0 Å². The number of allylic oxidation sites excluding steroid dienone is 4. The highest BCUT2D eigenvalue weighted by atomic mass is 16.6. The van der Waals surface area contributed by atoms with Gasteiger partial charge in [-0.05, 0) is 37.8 Å². The van der Waals surface area contributed by atoms with Crippen molar-refractivity contribution < 1.29 is 14.6 Å². The Morgan fingerprint density at radius 1 is 0.741 bits per heavy atom. The number of carbonyl (C=O) groups excluding carboxylic acids is 1. The summed E-state index contributed by atoms with van der Waals surface area (Å²) in [6.07, 6.45) is 16.5. The summed E-state index contributed by atoms with van der Waals surface area (Å²) in [5.41, 5.74) is -0.0353. The van der Waals surface area contributed by atoms with E-state index >= 15 is 0 Å². The predicted octanol–water partition coefficient (Wildman–Crippen LogP) is 5.76. The lowest BCUT2D eigenvalue weighted by atomic mass is 10.1. The molecule has 0 atom stereocenters. The van der Waals surface area contributed by atoms with Gasteiger partial charge in [0.15, 0.2) is 0 Å². The van der Waals surface area contributed by atoms with Crippen LogP contribution in [0, 0.1) is 20.2 Å². The number of aldehydes is 1. The fraction of sp³-hybridized carbons (Fsp3) is 0.650. The highest BCUT2D eigenvalue weighted by Gasteiger charge is 2.13. The van der Waals surface area contributed by atoms with Crippen LogP contribution in [0.3, 0.4) is 0 Å². The van der Waals surface area contributed by atoms with E-state index in [0.29, 0.717) is 25.7 Å². The summed E-state index contributed by atoms with van der Waals surface area (Å²) >= 11 is 0. The van der Waals surface area contributed by atoms with Crippen molar-refractivity contribution in [2.75, 3.05) is 0 Å². The molecule has 0 saturated heterocycles. The molecule has 0 bridgehead atoms. The van der Waals surface area contributed by atoms with Crippen LogP contribution >= 0.6 is 0 Å². The SMILES string of the molecule is CCCCCCCC/C=C(\C/C=C(\C/C=C\CCCC=O)[N+](=O)[O-])[N+](=O)[O-]. The first-order chi connectivity index (χ1) is 13.0. The van der Waals surface area contributed by atoms with Gasteiger partial charge in [-0.2, -0.15) is 0 Å². The molecule has 7 heteroatoms. The second-order valence-corrected chi connectivity index (χ2v) is 6.44. The molecule has 152 valence electrons. The number of nitrogens with zero attached hydrogens (tertiary/aromatic N) is 2. The number of unbranched alkanes of at least 4 members (excludes halogenated alkanes) is 8. The van der Waals surface area contributed by atoms with Crippen LogP contribution in [0.1, 0.15) is 84.0 Å². The van der Waals surface area contributed by atoms with E-state index in [0.717, 1.165) is 25.5 Å². The normalized spacial score (nSPS) is 12.5. The molecule has 0 aliphatic carbocycles. The second kappa shape index (κ2) is 17.1. The monoisotopic (exact) mass is 380 g/mol. The van der Waals surface area contributed by atoms with E-state index in [-0.39, 0.29) is 24.2 Å². The Balaban J connectivity index is 4.51. The molecular weight excluding hydrogens is 348 g/mol. The molecule has 0 radical (unpaired) electrons. The van der Waals surface area contributed by atoms with Crippen molar-refractivity contribution >= 4 is 6.29 Å². The smallest absolute Gasteiger partial charge is 0.246 e. The lowest BCUT2D eigenvalue weighted by Gasteiger charge is -1.99. The number of hydrogen-bond acceptors (Lipinski definition) is 5. The number of hydrogen-bond donors (Lipinski definition) is 0. The second-order valence-electron chi connectivity index (χ2n) is 6.44. The molecule has 0 heterocycles. The summed E-state index contributed by atoms with van der Waals surface area (Å²) in [5, 5.41) is 22.2. The number of rotatable bonds is 17. The molecule has 0 unspecified atom stereocenters. The quantitative estimate of drug-likeness (QED) is 0.105. The van der Waals surface area contributed by atoms with E-state index in [1.807, 2.05) is 0 Å². The van der Waals surface area contributed by atoms with Crippen molar-refractivity contribution in [2.45, 2.75) is 84.0 Å². The third-order valence-corrected chi connectivity index (χ3v) is 4.14. The lowest BCUT2D eigenvalue weighted by molar-refractivity contribution is -0.431. The first-order valence-corrected chi connectivity index (χ1v) is 9.78. The fourth-order valence-corrected chi connectivity index (χ4v) is 2.52. The van der Waals surface area contributed by atoms with Gasteiger partial charge in [0.05, 0.1) is 22.7 Å². The average molecular weight is 380 g/mol. The molecule has 0 saturated carbocycles. The average Bonchev–Trinajstić information content (AvgIpc) is 2.63. The van der Waals surface area contributed by atoms with Crippen LogP contribution in [-0.2, 0) is 4.79 Å². The Morgan fingerprint density at radius 2 is 1.37 bits per heavy atom. The van der Waals surface area contributed by atoms with Crippen molar-refractivity contribution in [3.05, 3.63) is 55.9 Å². The van der Waals surface area contributed by atoms with Gasteiger partial charge in [0, 0.05) is 6.42 Å². The lowest BCUT2D eigenvalue weighted by Crippen LogP contribution is -2.01. The van der Waals surface area contributed by atoms with Crippen LogP contribution in [0.2, 0.25) is 0 Å². The molecule has 0 rings (SSSR count). The van der Waals surface area contributed by atoms with E-state index in [1.165, 1.54) is 25.3 Å². The minimum absolute atomic E-state index is 0.0119. The van der Waals surface area contributed by atoms with Crippen LogP contribution in [0.5, 0.6) is 0 Å². The standard InChI is InChI=1S/C20H32N2O5/c1-2-3-4-5-6-8-11-14-19(21(24)25)16-17-20(22(26)27)15-12-9-7-10-13-18-23/h9,12,14,17-18H,2-8,10-11,13,15-16H2,1H3/b12-9-,19-14+,20-17+. The number of nitro groups is 2. The van der Waals surface area contributed by atoms with Crippen molar-refractivity contribution in [2.24, 2.45) is 0 Å². The summed E-state index contributed by atoms with van der Waals surface area (Å²) in [5.74, 6) is 0. The van der Waals surface area contributed by atoms with Crippen molar-refractivity contribution in [1.29, 1.82) is 0 Å². The number of carbonyl (C=O) groups is 1. The van der Waals surface area contributed by atoms with Gasteiger partial charge in [-0.25, -0.2) is 0 Å². The van der Waals surface area contributed by atoms with Crippen LogP contribution < -0.4 is 0 Å². The maximum absolute atomic E-state index is 11.1. The van der Waals surface area contributed by atoms with Gasteiger partial charge in [0.25, 0.3) is 0 Å². The predicted molar refractivity (Wildman–Crippen MR) is 106 cm³/mol. The maximum atomic E-state index is 11.1. The van der Waals surface area contributed by atoms with E-state index in [9.17, 15) is 25.0 Å². The Labute approximate surface area is 161 Å². The van der Waals surface area contributed by atoms with Crippen LogP contribution in [0.4, 0.5) is 0 Å². The molecule has 0 aliphatic rings. The van der Waals surface area contributed by atoms with Gasteiger partial charge in [-0.3, -0.25) is 20.2 Å². The minimum Gasteiger partial charge on any atom is -0.303 e. The summed E-state index contributed by atoms with van der Waals surface area (Å²) < 4.78 is 0. The summed E-state index contributed by atoms with van der Waals surface area (Å²) in [6.45, 7) is 2.16. The fourth-order valence-electron chi connectivity index (χ4n) is 2.52. The van der Waals surface area contributed by atoms with Gasteiger partial charge in [0.1, 0.15) is 6.29 Å². The van der Waals surface area contributed by atoms with Gasteiger partial charge >= 0.3 is 0 Å². The Bertz CT molecular complexity index is 538. The van der Waals surface area contributed by atoms with Crippen LogP contribution in [-0.4, -0.2) is 16.1 Å². The molecule has 7 nitrogen and oxygen atoms in total. The largest absolute Gasteiger partial charge is 0.303 e. The molecule has 0 aromatic heterocycles. The van der Waals surface area contributed by atoms with E-state index in [2.05, 4.69) is 6.92 Å². The Kier molecular flexibility index (Phi) is 15.7. The molecule has 0 aliphatic heterocycles. The van der Waals surface area contributed by atoms with E-state index in [1.54, 1.807) is 18.2 Å². The van der Waals surface area contributed by atoms with E-state index < -0.39 is 9.85 Å². The molecule has 0 spiro atoms. The molecule has 0 N–H and O–H groups in total. The van der Waals surface area contributed by atoms with Crippen molar-refractivity contribution in [3.8, 4) is 0 Å². The van der Waals surface area contributed by atoms with Crippen LogP contribution in [0.25, 0.3) is 0 Å². The van der Waals surface area contributed by atoms with Crippen molar-refractivity contribution in [1.82, 2.24) is 0 Å². The van der Waals surface area contributed by atoms with Gasteiger partial charge in [-0.1, -0.05) is 51.2 Å². The van der Waals surface area contributed by atoms with Gasteiger partial charge < -0.3 is 4.79 Å².